The van der Waals surface area contributed by atoms with Crippen LogP contribution in [0.15, 0.2) is 0 Å². The molecule has 0 saturated heterocycles. The van der Waals surface area contributed by atoms with E-state index in [4.69, 9.17) is 6.13 Å². The molecule has 0 heterocycles. The third-order valence-electron chi connectivity index (χ3n) is 5.37. The SMILES string of the molecule is CCP(CC)CC.CCP(CC)CC.CCP(CC)CC.CCP(CC)CC.[C-]#P.[Cl][Pt+].[Pt]. The normalized spacial score (nSPS) is 9.00. The maximum absolute atomic E-state index is 5.44. The molecule has 0 aromatic heterocycles. The first kappa shape index (κ1) is 52.9. The summed E-state index contributed by atoms with van der Waals surface area (Å²) in [4.78, 5) is 0. The Morgan fingerprint density at radius 3 is 0.455 bits per heavy atom. The number of halogens is 1. The average molecular weight is 941 g/mol. The Hall–Kier alpha value is 3.60. The van der Waals surface area contributed by atoms with Crippen LogP contribution in [0.1, 0.15) is 83.1 Å². The molecule has 0 spiro atoms. The first-order valence-electron chi connectivity index (χ1n) is 12.6. The zero-order valence-corrected chi connectivity index (χ0v) is 34.0. The standard InChI is InChI=1S/4C6H15P.CP.ClH.2Pt/c4*1-4-7(5-2)6-3;1-2;;;/h4*4-6H2,1-3H3;;1H;;/q;;;;-1;;;+2/p-1. The molecule has 0 rings (SSSR count). The molecule has 0 bridgehead atoms. The summed E-state index contributed by atoms with van der Waals surface area (Å²) in [6.45, 7) is 27.5. The van der Waals surface area contributed by atoms with Gasteiger partial charge in [0.1, 0.15) is 0 Å². The van der Waals surface area contributed by atoms with E-state index in [9.17, 15) is 0 Å². The predicted molar refractivity (Wildman–Crippen MR) is 170 cm³/mol. The maximum atomic E-state index is 5.44. The molecule has 0 radical (unpaired) electrons. The van der Waals surface area contributed by atoms with Crippen molar-refractivity contribution in [1.29, 1.82) is 0 Å². The van der Waals surface area contributed by atoms with Gasteiger partial charge in [0.05, 0.1) is 0 Å². The van der Waals surface area contributed by atoms with Crippen LogP contribution in [0.4, 0.5) is 0 Å². The fraction of sp³-hybridized carbons (Fsp3) is 0.960. The van der Waals surface area contributed by atoms with Crippen LogP contribution in [0.3, 0.4) is 0 Å². The van der Waals surface area contributed by atoms with Gasteiger partial charge in [-0.05, 0) is 73.9 Å². The van der Waals surface area contributed by atoms with Gasteiger partial charge in [-0.1, -0.05) is 83.1 Å². The van der Waals surface area contributed by atoms with Gasteiger partial charge in [0.15, 0.2) is 0 Å². The summed E-state index contributed by atoms with van der Waals surface area (Å²) in [6.07, 6.45) is 22.5. The molecule has 0 aliphatic rings. The average Bonchev–Trinajstić information content (AvgIpc) is 2.87. The van der Waals surface area contributed by atoms with Gasteiger partial charge in [0, 0.05) is 21.1 Å². The van der Waals surface area contributed by atoms with Gasteiger partial charge in [-0.15, -0.1) is 31.7 Å². The minimum atomic E-state index is 0. The number of hydrogen-bond acceptors (Lipinski definition) is 0. The maximum Gasteiger partial charge on any atom is 0 e. The molecule has 0 nitrogen and oxygen atoms in total. The monoisotopic (exact) mass is 940 g/mol. The zero-order valence-electron chi connectivity index (χ0n) is 24.2. The van der Waals surface area contributed by atoms with Crippen LogP contribution in [0.25, 0.3) is 0 Å². The van der Waals surface area contributed by atoms with Gasteiger partial charge < -0.3 is 0 Å². The molecule has 0 atom stereocenters. The minimum Gasteiger partial charge on any atom is 0 e. The van der Waals surface area contributed by atoms with Crippen molar-refractivity contribution in [2.75, 3.05) is 73.9 Å². The molecule has 0 fully saturated rings. The van der Waals surface area contributed by atoms with Crippen LogP contribution in [0.5, 0.6) is 0 Å². The predicted octanol–water partition coefficient (Wildman–Crippen LogP) is 11.7. The summed E-state index contributed by atoms with van der Waals surface area (Å²) in [5.41, 5.74) is 0. The van der Waals surface area contributed by atoms with Crippen LogP contribution in [0.2, 0.25) is 0 Å². The van der Waals surface area contributed by atoms with Gasteiger partial charge in [-0.3, -0.25) is 0 Å². The second-order valence-electron chi connectivity index (χ2n) is 6.48. The largest absolute Gasteiger partial charge is 0 e. The molecule has 0 amide bonds. The second-order valence-corrected chi connectivity index (χ2v) is 19.4. The topological polar surface area (TPSA) is 0 Å². The van der Waals surface area contributed by atoms with Crippen molar-refractivity contribution in [3.05, 3.63) is 6.13 Å². The van der Waals surface area contributed by atoms with E-state index in [0.29, 0.717) is 31.7 Å². The molecule has 0 aromatic rings. The van der Waals surface area contributed by atoms with Crippen molar-refractivity contribution in [3.8, 4) is 0 Å². The van der Waals surface area contributed by atoms with Gasteiger partial charge in [0.25, 0.3) is 0 Å². The van der Waals surface area contributed by atoms with Crippen molar-refractivity contribution in [1.82, 2.24) is 0 Å². The van der Waals surface area contributed by atoms with E-state index in [1.807, 2.05) is 0 Å². The van der Waals surface area contributed by atoms with Crippen molar-refractivity contribution in [2.24, 2.45) is 0 Å². The van der Waals surface area contributed by atoms with E-state index in [2.05, 4.69) is 101 Å². The molecular formula is C25H60ClP5Pt2. The summed E-state index contributed by atoms with van der Waals surface area (Å²) in [6, 6.07) is 0. The fourth-order valence-electron chi connectivity index (χ4n) is 2.68. The summed E-state index contributed by atoms with van der Waals surface area (Å²) in [5, 5.41) is 0. The zero-order chi connectivity index (χ0) is 26.8. The first-order chi connectivity index (χ1) is 15.4. The number of hydrogen-bond donors (Lipinski definition) is 0. The molecule has 212 valence electrons. The third kappa shape index (κ3) is 52.8. The van der Waals surface area contributed by atoms with Gasteiger partial charge in [0.2, 0.25) is 0 Å². The Morgan fingerprint density at radius 2 is 0.455 bits per heavy atom. The molecule has 0 aliphatic carbocycles. The second kappa shape index (κ2) is 55.9. The number of rotatable bonds is 12. The van der Waals surface area contributed by atoms with E-state index in [1.54, 1.807) is 18.8 Å². The molecule has 0 N–H and O–H groups in total. The van der Waals surface area contributed by atoms with E-state index in [-0.39, 0.29) is 21.1 Å². The van der Waals surface area contributed by atoms with Crippen molar-refractivity contribution < 1.29 is 39.8 Å². The molecule has 8 heteroatoms. The quantitative estimate of drug-likeness (QED) is 0.135. The van der Waals surface area contributed by atoms with E-state index >= 15 is 0 Å². The Kier molecular flexibility index (Phi) is 89.7. The van der Waals surface area contributed by atoms with Crippen molar-refractivity contribution in [3.63, 3.8) is 0 Å². The van der Waals surface area contributed by atoms with Gasteiger partial charge in [-0.25, -0.2) is 0 Å². The first-order valence-corrected chi connectivity index (χ1v) is 23.5. The van der Waals surface area contributed by atoms with Gasteiger partial charge >= 0.3 is 43.0 Å². The summed E-state index contributed by atoms with van der Waals surface area (Å²) in [7, 11) is 9.17. The van der Waals surface area contributed by atoms with Crippen LogP contribution in [0, 0.1) is 6.13 Å². The Labute approximate surface area is 250 Å². The Balaban J connectivity index is -0.0000000514. The third-order valence-corrected chi connectivity index (χ3v) is 16.1. The summed E-state index contributed by atoms with van der Waals surface area (Å²) < 4.78 is 0. The van der Waals surface area contributed by atoms with E-state index < -0.39 is 0 Å². The van der Waals surface area contributed by atoms with Crippen LogP contribution < -0.4 is 0 Å². The van der Waals surface area contributed by atoms with Gasteiger partial charge in [-0.2, -0.15) is 0 Å². The Morgan fingerprint density at radius 1 is 0.394 bits per heavy atom. The molecule has 0 aliphatic heterocycles. The minimum absolute atomic E-state index is 0. The Bertz CT molecular complexity index is 203. The molecule has 0 saturated carbocycles. The van der Waals surface area contributed by atoms with Crippen LogP contribution in [-0.4, -0.2) is 73.9 Å². The smallest absolute Gasteiger partial charge is 0 e. The summed E-state index contributed by atoms with van der Waals surface area (Å²) in [5.74, 6) is 0. The van der Waals surface area contributed by atoms with Crippen molar-refractivity contribution in [2.45, 2.75) is 83.1 Å². The fourth-order valence-corrected chi connectivity index (χ4v) is 8.05. The van der Waals surface area contributed by atoms with Crippen molar-refractivity contribution >= 4 is 49.8 Å². The van der Waals surface area contributed by atoms with Crippen LogP contribution >= 0.6 is 49.8 Å². The van der Waals surface area contributed by atoms with E-state index in [0.717, 1.165) is 0 Å². The molecule has 0 aromatic carbocycles. The molecular weight excluding hydrogens is 881 g/mol. The molecule has 33 heavy (non-hydrogen) atoms. The molecule has 0 unspecified atom stereocenters. The van der Waals surface area contributed by atoms with E-state index in [1.165, 1.54) is 73.9 Å². The van der Waals surface area contributed by atoms with Crippen LogP contribution in [-0.2, 0) is 39.8 Å². The summed E-state index contributed by atoms with van der Waals surface area (Å²) >= 11 is 1.61.